The van der Waals surface area contributed by atoms with E-state index in [1.165, 1.54) is 6.07 Å². The lowest BCUT2D eigenvalue weighted by molar-refractivity contribution is 0.631. The summed E-state index contributed by atoms with van der Waals surface area (Å²) in [4.78, 5) is 5.42. The number of nitrogens with one attached hydrogen (secondary N) is 1. The van der Waals surface area contributed by atoms with Gasteiger partial charge in [0.1, 0.15) is 10.8 Å². The Hall–Kier alpha value is -1.26. The minimum absolute atomic E-state index is 0.183. The summed E-state index contributed by atoms with van der Waals surface area (Å²) >= 11 is 1.56. The van der Waals surface area contributed by atoms with E-state index in [4.69, 9.17) is 0 Å². The molecule has 0 saturated heterocycles. The van der Waals surface area contributed by atoms with Crippen LogP contribution in [0.4, 0.5) is 4.39 Å². The van der Waals surface area contributed by atoms with E-state index < -0.39 is 0 Å². The van der Waals surface area contributed by atoms with Gasteiger partial charge in [0.15, 0.2) is 0 Å². The van der Waals surface area contributed by atoms with Crippen LogP contribution in [-0.4, -0.2) is 11.5 Å². The van der Waals surface area contributed by atoms with Crippen LogP contribution in [0.3, 0.4) is 0 Å². The first-order chi connectivity index (χ1) is 8.72. The van der Waals surface area contributed by atoms with E-state index in [0.717, 1.165) is 35.1 Å². The SMILES string of the molecule is CCCNCc1nc(C)c(-c2ccccc2F)s1. The average Bonchev–Trinajstić information content (AvgIpc) is 2.71. The van der Waals surface area contributed by atoms with Gasteiger partial charge in [-0.3, -0.25) is 0 Å². The summed E-state index contributed by atoms with van der Waals surface area (Å²) in [5.74, 6) is -0.183. The van der Waals surface area contributed by atoms with Gasteiger partial charge in [-0.1, -0.05) is 25.1 Å². The van der Waals surface area contributed by atoms with Crippen molar-refractivity contribution in [3.63, 3.8) is 0 Å². The Bertz CT molecular complexity index is 522. The lowest BCUT2D eigenvalue weighted by Gasteiger charge is -1.99. The average molecular weight is 264 g/mol. The van der Waals surface area contributed by atoms with E-state index in [0.29, 0.717) is 5.56 Å². The first-order valence-electron chi connectivity index (χ1n) is 6.14. The number of halogens is 1. The Morgan fingerprint density at radius 3 is 2.83 bits per heavy atom. The highest BCUT2D eigenvalue weighted by Gasteiger charge is 2.12. The molecule has 0 aliphatic carbocycles. The first kappa shape index (κ1) is 13.2. The van der Waals surface area contributed by atoms with E-state index in [9.17, 15) is 4.39 Å². The van der Waals surface area contributed by atoms with Crippen LogP contribution in [-0.2, 0) is 6.54 Å². The zero-order chi connectivity index (χ0) is 13.0. The molecule has 0 bridgehead atoms. The van der Waals surface area contributed by atoms with Crippen LogP contribution in [0.5, 0.6) is 0 Å². The van der Waals surface area contributed by atoms with Crippen molar-refractivity contribution < 1.29 is 4.39 Å². The molecule has 0 spiro atoms. The molecule has 0 radical (unpaired) electrons. The van der Waals surface area contributed by atoms with Crippen LogP contribution in [0, 0.1) is 12.7 Å². The quantitative estimate of drug-likeness (QED) is 0.832. The summed E-state index contributed by atoms with van der Waals surface area (Å²) in [6, 6.07) is 6.86. The van der Waals surface area contributed by atoms with Crippen LogP contribution in [0.1, 0.15) is 24.0 Å². The van der Waals surface area contributed by atoms with Gasteiger partial charge in [0.05, 0.1) is 10.6 Å². The van der Waals surface area contributed by atoms with E-state index in [1.807, 2.05) is 13.0 Å². The van der Waals surface area contributed by atoms with Crippen LogP contribution in [0.25, 0.3) is 10.4 Å². The molecule has 0 aliphatic rings. The Labute approximate surface area is 111 Å². The highest BCUT2D eigenvalue weighted by molar-refractivity contribution is 7.15. The maximum absolute atomic E-state index is 13.7. The monoisotopic (exact) mass is 264 g/mol. The third-order valence-corrected chi connectivity index (χ3v) is 3.85. The standard InChI is InChI=1S/C14H17FN2S/c1-3-8-16-9-13-17-10(2)14(18-13)11-6-4-5-7-12(11)15/h4-7,16H,3,8-9H2,1-2H3. The molecule has 0 atom stereocenters. The summed E-state index contributed by atoms with van der Waals surface area (Å²) in [5.41, 5.74) is 1.55. The van der Waals surface area contributed by atoms with Gasteiger partial charge in [0.2, 0.25) is 0 Å². The predicted octanol–water partition coefficient (Wildman–Crippen LogP) is 3.76. The molecule has 1 aromatic carbocycles. The second-order valence-electron chi connectivity index (χ2n) is 4.18. The van der Waals surface area contributed by atoms with Crippen molar-refractivity contribution >= 4 is 11.3 Å². The van der Waals surface area contributed by atoms with Crippen LogP contribution >= 0.6 is 11.3 Å². The number of benzene rings is 1. The van der Waals surface area contributed by atoms with E-state index in [2.05, 4.69) is 17.2 Å². The zero-order valence-electron chi connectivity index (χ0n) is 10.7. The molecule has 4 heteroatoms. The van der Waals surface area contributed by atoms with Crippen molar-refractivity contribution in [2.24, 2.45) is 0 Å². The van der Waals surface area contributed by atoms with Crippen molar-refractivity contribution in [1.29, 1.82) is 0 Å². The molecule has 0 saturated carbocycles. The van der Waals surface area contributed by atoms with Gasteiger partial charge in [0.25, 0.3) is 0 Å². The Kier molecular flexibility index (Phi) is 4.44. The molecular weight excluding hydrogens is 247 g/mol. The molecule has 0 amide bonds. The predicted molar refractivity (Wildman–Crippen MR) is 74.2 cm³/mol. The molecular formula is C14H17FN2S. The minimum Gasteiger partial charge on any atom is -0.310 e. The number of aromatic nitrogens is 1. The molecule has 1 aromatic heterocycles. The smallest absolute Gasteiger partial charge is 0.131 e. The van der Waals surface area contributed by atoms with Crippen LogP contribution < -0.4 is 5.32 Å². The summed E-state index contributed by atoms with van der Waals surface area (Å²) in [6.07, 6.45) is 1.10. The summed E-state index contributed by atoms with van der Waals surface area (Å²) in [7, 11) is 0. The van der Waals surface area contributed by atoms with Gasteiger partial charge in [-0.25, -0.2) is 9.37 Å². The second-order valence-corrected chi connectivity index (χ2v) is 5.26. The topological polar surface area (TPSA) is 24.9 Å². The van der Waals surface area contributed by atoms with Gasteiger partial charge >= 0.3 is 0 Å². The number of nitrogens with zero attached hydrogens (tertiary/aromatic N) is 1. The third-order valence-electron chi connectivity index (χ3n) is 2.66. The molecule has 1 N–H and O–H groups in total. The number of hydrogen-bond acceptors (Lipinski definition) is 3. The fraction of sp³-hybridized carbons (Fsp3) is 0.357. The van der Waals surface area contributed by atoms with Crippen LogP contribution in [0.2, 0.25) is 0 Å². The maximum Gasteiger partial charge on any atom is 0.131 e. The molecule has 2 aromatic rings. The summed E-state index contributed by atoms with van der Waals surface area (Å²) in [6.45, 7) is 5.80. The lowest BCUT2D eigenvalue weighted by atomic mass is 10.1. The number of thiazole rings is 1. The minimum atomic E-state index is -0.183. The molecule has 2 nitrogen and oxygen atoms in total. The van der Waals surface area contributed by atoms with Gasteiger partial charge in [-0.2, -0.15) is 0 Å². The fourth-order valence-electron chi connectivity index (χ4n) is 1.80. The lowest BCUT2D eigenvalue weighted by Crippen LogP contribution is -2.13. The molecule has 2 rings (SSSR count). The molecule has 18 heavy (non-hydrogen) atoms. The maximum atomic E-state index is 13.7. The number of rotatable bonds is 5. The first-order valence-corrected chi connectivity index (χ1v) is 6.96. The summed E-state index contributed by atoms with van der Waals surface area (Å²) < 4.78 is 13.7. The molecule has 0 unspecified atom stereocenters. The van der Waals surface area contributed by atoms with Crippen molar-refractivity contribution in [2.45, 2.75) is 26.8 Å². The van der Waals surface area contributed by atoms with E-state index >= 15 is 0 Å². The second kappa shape index (κ2) is 6.07. The molecule has 1 heterocycles. The highest BCUT2D eigenvalue weighted by Crippen LogP contribution is 2.31. The van der Waals surface area contributed by atoms with Gasteiger partial charge in [0, 0.05) is 12.1 Å². The van der Waals surface area contributed by atoms with Gasteiger partial charge in [-0.15, -0.1) is 11.3 Å². The number of hydrogen-bond donors (Lipinski definition) is 1. The normalized spacial score (nSPS) is 10.8. The molecule has 96 valence electrons. The Balaban J connectivity index is 2.22. The van der Waals surface area contributed by atoms with Crippen molar-refractivity contribution in [3.05, 3.63) is 40.8 Å². The summed E-state index contributed by atoms with van der Waals surface area (Å²) in [5, 5.41) is 4.33. The highest BCUT2D eigenvalue weighted by atomic mass is 32.1. The van der Waals surface area contributed by atoms with E-state index in [1.54, 1.807) is 23.5 Å². The molecule has 0 fully saturated rings. The fourth-order valence-corrected chi connectivity index (χ4v) is 2.86. The van der Waals surface area contributed by atoms with Crippen molar-refractivity contribution in [2.75, 3.05) is 6.54 Å². The zero-order valence-corrected chi connectivity index (χ0v) is 11.5. The van der Waals surface area contributed by atoms with Gasteiger partial charge < -0.3 is 5.32 Å². The Morgan fingerprint density at radius 2 is 2.11 bits per heavy atom. The van der Waals surface area contributed by atoms with Crippen molar-refractivity contribution in [3.8, 4) is 10.4 Å². The number of aryl methyl sites for hydroxylation is 1. The van der Waals surface area contributed by atoms with E-state index in [-0.39, 0.29) is 5.82 Å². The van der Waals surface area contributed by atoms with Gasteiger partial charge in [-0.05, 0) is 26.0 Å². The van der Waals surface area contributed by atoms with Crippen molar-refractivity contribution in [1.82, 2.24) is 10.3 Å². The Morgan fingerprint density at radius 1 is 1.33 bits per heavy atom. The molecule has 0 aliphatic heterocycles. The van der Waals surface area contributed by atoms with Crippen LogP contribution in [0.15, 0.2) is 24.3 Å². The largest absolute Gasteiger partial charge is 0.310 e. The third kappa shape index (κ3) is 2.94.